The fourth-order valence-electron chi connectivity index (χ4n) is 1.41. The van der Waals surface area contributed by atoms with Crippen molar-refractivity contribution in [1.82, 2.24) is 9.97 Å². The molecule has 1 rings (SSSR count). The van der Waals surface area contributed by atoms with Gasteiger partial charge in [-0.05, 0) is 13.3 Å². The summed E-state index contributed by atoms with van der Waals surface area (Å²) in [5, 5.41) is 10.0. The summed E-state index contributed by atoms with van der Waals surface area (Å²) in [5.41, 5.74) is -1.08. The van der Waals surface area contributed by atoms with Crippen LogP contribution in [-0.2, 0) is 16.2 Å². The second-order valence-corrected chi connectivity index (χ2v) is 5.87. The van der Waals surface area contributed by atoms with Crippen LogP contribution in [-0.4, -0.2) is 37.2 Å². The Morgan fingerprint density at radius 2 is 1.95 bits per heavy atom. The van der Waals surface area contributed by atoms with E-state index in [0.717, 1.165) is 6.07 Å². The molecule has 0 atom stereocenters. The second kappa shape index (κ2) is 6.89. The summed E-state index contributed by atoms with van der Waals surface area (Å²) in [6.45, 7) is 2.19. The monoisotopic (exact) mass is 327 g/mol. The van der Waals surface area contributed by atoms with Gasteiger partial charge in [0.2, 0.25) is 16.0 Å². The van der Waals surface area contributed by atoms with Crippen LogP contribution in [0.25, 0.3) is 0 Å². The first kappa shape index (κ1) is 17.4. The van der Waals surface area contributed by atoms with Crippen LogP contribution in [0, 0.1) is 0 Å². The summed E-state index contributed by atoms with van der Waals surface area (Å²) in [6.07, 6.45) is -4.44. The van der Waals surface area contributed by atoms with Gasteiger partial charge < -0.3 is 10.6 Å². The van der Waals surface area contributed by atoms with Crippen LogP contribution in [0.2, 0.25) is 0 Å². The van der Waals surface area contributed by atoms with Crippen molar-refractivity contribution in [2.24, 2.45) is 5.14 Å². The molecule has 0 unspecified atom stereocenters. The maximum Gasteiger partial charge on any atom is 0.433 e. The van der Waals surface area contributed by atoms with Gasteiger partial charge >= 0.3 is 6.18 Å². The Morgan fingerprint density at radius 3 is 2.48 bits per heavy atom. The van der Waals surface area contributed by atoms with E-state index in [9.17, 15) is 21.6 Å². The van der Waals surface area contributed by atoms with Crippen LogP contribution in [0.1, 0.15) is 19.0 Å². The van der Waals surface area contributed by atoms with E-state index in [2.05, 4.69) is 20.6 Å². The molecule has 120 valence electrons. The molecule has 7 nitrogen and oxygen atoms in total. The number of aromatic nitrogens is 2. The lowest BCUT2D eigenvalue weighted by atomic mass is 10.3. The third kappa shape index (κ3) is 6.58. The van der Waals surface area contributed by atoms with Gasteiger partial charge in [-0.25, -0.2) is 18.5 Å². The lowest BCUT2D eigenvalue weighted by Crippen LogP contribution is -2.19. The number of anilines is 2. The van der Waals surface area contributed by atoms with Crippen molar-refractivity contribution in [3.63, 3.8) is 0 Å². The van der Waals surface area contributed by atoms with Gasteiger partial charge in [-0.1, -0.05) is 0 Å². The fourth-order valence-corrected chi connectivity index (χ4v) is 1.96. The van der Waals surface area contributed by atoms with E-state index in [1.807, 2.05) is 0 Å². The number of hydrogen-bond acceptors (Lipinski definition) is 6. The molecule has 21 heavy (non-hydrogen) atoms. The van der Waals surface area contributed by atoms with E-state index >= 15 is 0 Å². The maximum atomic E-state index is 12.7. The molecule has 0 fully saturated rings. The van der Waals surface area contributed by atoms with Crippen molar-refractivity contribution in [3.05, 3.63) is 11.8 Å². The summed E-state index contributed by atoms with van der Waals surface area (Å²) in [6, 6.07) is 0.762. The van der Waals surface area contributed by atoms with E-state index in [0.29, 0.717) is 6.54 Å². The Balaban J connectivity index is 2.78. The van der Waals surface area contributed by atoms with Crippen LogP contribution in [0.3, 0.4) is 0 Å². The number of nitrogens with zero attached hydrogens (tertiary/aromatic N) is 2. The van der Waals surface area contributed by atoms with Crippen LogP contribution in [0.15, 0.2) is 6.07 Å². The second-order valence-electron chi connectivity index (χ2n) is 4.14. The van der Waals surface area contributed by atoms with Gasteiger partial charge in [0.25, 0.3) is 0 Å². The van der Waals surface area contributed by atoms with Crippen LogP contribution in [0.5, 0.6) is 0 Å². The largest absolute Gasteiger partial charge is 0.433 e. The normalized spacial score (nSPS) is 12.2. The Labute approximate surface area is 120 Å². The first-order chi connectivity index (χ1) is 9.62. The lowest BCUT2D eigenvalue weighted by molar-refractivity contribution is -0.141. The highest BCUT2D eigenvalue weighted by molar-refractivity contribution is 7.89. The van der Waals surface area contributed by atoms with E-state index < -0.39 is 21.9 Å². The molecule has 0 radical (unpaired) electrons. The number of nitrogens with one attached hydrogen (secondary N) is 2. The highest BCUT2D eigenvalue weighted by atomic mass is 32.2. The minimum Gasteiger partial charge on any atom is -0.370 e. The molecule has 0 aromatic carbocycles. The molecule has 0 aliphatic carbocycles. The minimum atomic E-state index is -4.59. The van der Waals surface area contributed by atoms with Crippen LogP contribution < -0.4 is 15.8 Å². The summed E-state index contributed by atoms with van der Waals surface area (Å²) in [4.78, 5) is 7.22. The third-order valence-corrected chi connectivity index (χ3v) is 3.12. The van der Waals surface area contributed by atoms with Gasteiger partial charge in [-0.15, -0.1) is 0 Å². The highest BCUT2D eigenvalue weighted by Gasteiger charge is 2.33. The Bertz CT molecular complexity index is 577. The summed E-state index contributed by atoms with van der Waals surface area (Å²) in [5.74, 6) is -0.457. The average molecular weight is 327 g/mol. The molecule has 11 heteroatoms. The van der Waals surface area contributed by atoms with Gasteiger partial charge in [-0.2, -0.15) is 18.2 Å². The van der Waals surface area contributed by atoms with Crippen molar-refractivity contribution in [1.29, 1.82) is 0 Å². The number of halogens is 3. The predicted molar refractivity (Wildman–Crippen MR) is 72.3 cm³/mol. The fraction of sp³-hybridized carbons (Fsp3) is 0.600. The van der Waals surface area contributed by atoms with E-state index in [-0.39, 0.29) is 30.5 Å². The molecule has 0 bridgehead atoms. The molecule has 0 saturated heterocycles. The molecular formula is C10H16F3N5O2S. The standard InChI is InChI=1S/C10H16F3N5O2S/c1-2-15-9-17-7(10(11,12)13)6-8(18-9)16-4-3-5-21(14,19)20/h6H,2-5H2,1H3,(H2,14,19,20)(H2,15,16,17,18). The molecule has 1 aromatic heterocycles. The SMILES string of the molecule is CCNc1nc(NCCCS(N)(=O)=O)cc(C(F)(F)F)n1. The summed E-state index contributed by atoms with van der Waals surface area (Å²) >= 11 is 0. The zero-order valence-corrected chi connectivity index (χ0v) is 12.1. The van der Waals surface area contributed by atoms with Crippen molar-refractivity contribution < 1.29 is 21.6 Å². The minimum absolute atomic E-state index is 0.0392. The molecule has 0 amide bonds. The summed E-state index contributed by atoms with van der Waals surface area (Å²) < 4.78 is 59.5. The smallest absolute Gasteiger partial charge is 0.370 e. The van der Waals surface area contributed by atoms with Crippen molar-refractivity contribution in [3.8, 4) is 0 Å². The molecule has 1 aromatic rings. The van der Waals surface area contributed by atoms with Crippen molar-refractivity contribution in [2.45, 2.75) is 19.5 Å². The lowest BCUT2D eigenvalue weighted by Gasteiger charge is -2.12. The number of alkyl halides is 3. The summed E-state index contributed by atoms with van der Waals surface area (Å²) in [7, 11) is -3.59. The Morgan fingerprint density at radius 1 is 1.29 bits per heavy atom. The van der Waals surface area contributed by atoms with Crippen LogP contribution in [0.4, 0.5) is 24.9 Å². The zero-order valence-electron chi connectivity index (χ0n) is 11.2. The molecule has 4 N–H and O–H groups in total. The van der Waals surface area contributed by atoms with E-state index in [1.165, 1.54) is 0 Å². The average Bonchev–Trinajstić information content (AvgIpc) is 2.33. The quantitative estimate of drug-likeness (QED) is 0.645. The van der Waals surface area contributed by atoms with E-state index in [1.54, 1.807) is 6.92 Å². The molecule has 0 aliphatic heterocycles. The topological polar surface area (TPSA) is 110 Å². The zero-order chi connectivity index (χ0) is 16.1. The third-order valence-electron chi connectivity index (χ3n) is 2.26. The first-order valence-electron chi connectivity index (χ1n) is 6.06. The van der Waals surface area contributed by atoms with E-state index in [4.69, 9.17) is 5.14 Å². The number of nitrogens with two attached hydrogens (primary N) is 1. The van der Waals surface area contributed by atoms with Gasteiger partial charge in [-0.3, -0.25) is 0 Å². The van der Waals surface area contributed by atoms with Gasteiger partial charge in [0.15, 0.2) is 5.69 Å². The first-order valence-corrected chi connectivity index (χ1v) is 7.78. The number of sulfonamides is 1. The van der Waals surface area contributed by atoms with Crippen LogP contribution >= 0.6 is 0 Å². The van der Waals surface area contributed by atoms with Crippen molar-refractivity contribution in [2.75, 3.05) is 29.5 Å². The molecule has 0 spiro atoms. The van der Waals surface area contributed by atoms with Gasteiger partial charge in [0.1, 0.15) is 5.82 Å². The number of hydrogen-bond donors (Lipinski definition) is 3. The highest BCUT2D eigenvalue weighted by Crippen LogP contribution is 2.29. The molecule has 1 heterocycles. The number of primary sulfonamides is 1. The van der Waals surface area contributed by atoms with Crippen molar-refractivity contribution >= 4 is 21.8 Å². The molecular weight excluding hydrogens is 311 g/mol. The Kier molecular flexibility index (Phi) is 5.72. The predicted octanol–water partition coefficient (Wildman–Crippen LogP) is 1.02. The van der Waals surface area contributed by atoms with Gasteiger partial charge in [0.05, 0.1) is 5.75 Å². The Hall–Kier alpha value is -1.62. The van der Waals surface area contributed by atoms with Gasteiger partial charge in [0, 0.05) is 19.2 Å². The molecule has 0 saturated carbocycles. The number of rotatable bonds is 7. The maximum absolute atomic E-state index is 12.7. The molecule has 0 aliphatic rings.